The predicted molar refractivity (Wildman–Crippen MR) is 170 cm³/mol. The molecule has 1 saturated carbocycles. The minimum atomic E-state index is -4.20. The molecule has 0 spiro atoms. The fourth-order valence-corrected chi connectivity index (χ4v) is 7.09. The van der Waals surface area contributed by atoms with E-state index in [0.29, 0.717) is 29.4 Å². The molecule has 10 heteroatoms. The largest absolute Gasteiger partial charge is 0.492 e. The molecule has 0 heterocycles. The van der Waals surface area contributed by atoms with Crippen LogP contribution in [0.3, 0.4) is 0 Å². The van der Waals surface area contributed by atoms with Gasteiger partial charge in [-0.2, -0.15) is 0 Å². The molecule has 1 aliphatic carbocycles. The molecule has 8 nitrogen and oxygen atoms in total. The summed E-state index contributed by atoms with van der Waals surface area (Å²) >= 11 is 6.50. The van der Waals surface area contributed by atoms with Crippen LogP contribution in [0.1, 0.15) is 57.9 Å². The maximum absolute atomic E-state index is 14.3. The van der Waals surface area contributed by atoms with Gasteiger partial charge in [0.25, 0.3) is 10.0 Å². The third kappa shape index (κ3) is 8.09. The first-order chi connectivity index (χ1) is 20.8. The zero-order chi connectivity index (χ0) is 30.8. The number of hydrogen-bond donors (Lipinski definition) is 1. The zero-order valence-electron chi connectivity index (χ0n) is 24.7. The number of ether oxygens (including phenoxy) is 1. The van der Waals surface area contributed by atoms with Crippen LogP contribution in [0.4, 0.5) is 5.69 Å². The smallest absolute Gasteiger partial charge is 0.264 e. The highest BCUT2D eigenvalue weighted by molar-refractivity contribution is 7.92. The third-order valence-corrected chi connectivity index (χ3v) is 9.82. The lowest BCUT2D eigenvalue weighted by atomic mass is 9.95. The average molecular weight is 626 g/mol. The number of halogens is 1. The minimum Gasteiger partial charge on any atom is -0.492 e. The molecule has 2 amide bonds. The Balaban J connectivity index is 1.74. The topological polar surface area (TPSA) is 96.0 Å². The van der Waals surface area contributed by atoms with E-state index in [-0.39, 0.29) is 29.1 Å². The Morgan fingerprint density at radius 2 is 1.58 bits per heavy atom. The molecule has 0 radical (unpaired) electrons. The highest BCUT2D eigenvalue weighted by Gasteiger charge is 2.35. The highest BCUT2D eigenvalue weighted by atomic mass is 35.5. The zero-order valence-corrected chi connectivity index (χ0v) is 26.3. The van der Waals surface area contributed by atoms with E-state index in [9.17, 15) is 18.0 Å². The van der Waals surface area contributed by atoms with Crippen molar-refractivity contribution in [3.8, 4) is 5.75 Å². The van der Waals surface area contributed by atoms with Gasteiger partial charge in [-0.05, 0) is 62.1 Å². The van der Waals surface area contributed by atoms with Gasteiger partial charge < -0.3 is 15.0 Å². The third-order valence-electron chi connectivity index (χ3n) is 7.68. The van der Waals surface area contributed by atoms with Crippen molar-refractivity contribution in [1.29, 1.82) is 0 Å². The van der Waals surface area contributed by atoms with E-state index < -0.39 is 28.5 Å². The first-order valence-electron chi connectivity index (χ1n) is 14.9. The second-order valence-corrected chi connectivity index (χ2v) is 12.9. The molecule has 0 bridgehead atoms. The van der Waals surface area contributed by atoms with Gasteiger partial charge in [-0.25, -0.2) is 8.42 Å². The number of nitrogens with zero attached hydrogens (tertiary/aromatic N) is 2. The number of nitrogens with one attached hydrogen (secondary N) is 1. The van der Waals surface area contributed by atoms with Crippen molar-refractivity contribution >= 4 is 39.1 Å². The number of anilines is 1. The summed E-state index contributed by atoms with van der Waals surface area (Å²) in [6, 6.07) is 21.1. The molecular weight excluding hydrogens is 586 g/mol. The van der Waals surface area contributed by atoms with Gasteiger partial charge in [0.15, 0.2) is 0 Å². The standard InChI is InChI=1S/C33H40ClN3O5S/c1-3-29(33(39)35-26-16-7-5-8-17-26)36(23-25-15-11-12-20-28(25)34)32(38)24-37(30-21-13-14-22-31(30)42-4-2)43(40,41)27-18-9-6-10-19-27/h6,9-15,18-22,26,29H,3-5,7-8,16-17,23-24H2,1-2H3,(H,35,39)/t29-/m1/s1. The Hall–Kier alpha value is -3.56. The number of carbonyl (C=O) groups is 2. The number of rotatable bonds is 13. The Morgan fingerprint density at radius 3 is 2.26 bits per heavy atom. The van der Waals surface area contributed by atoms with Gasteiger partial charge in [0, 0.05) is 17.6 Å². The molecule has 230 valence electrons. The summed E-state index contributed by atoms with van der Waals surface area (Å²) in [6.07, 6.45) is 5.40. The second kappa shape index (κ2) is 15.3. The van der Waals surface area contributed by atoms with Gasteiger partial charge in [0.1, 0.15) is 18.3 Å². The first kappa shape index (κ1) is 32.4. The maximum atomic E-state index is 14.3. The van der Waals surface area contributed by atoms with Gasteiger partial charge in [-0.1, -0.05) is 86.3 Å². The molecule has 0 unspecified atom stereocenters. The fourth-order valence-electron chi connectivity index (χ4n) is 5.45. The lowest BCUT2D eigenvalue weighted by Crippen LogP contribution is -2.54. The SMILES string of the molecule is CCOc1ccccc1N(CC(=O)N(Cc1ccccc1Cl)[C@H](CC)C(=O)NC1CCCCC1)S(=O)(=O)c1ccccc1. The Kier molecular flexibility index (Phi) is 11.5. The molecule has 43 heavy (non-hydrogen) atoms. The van der Waals surface area contributed by atoms with Crippen molar-refractivity contribution < 1.29 is 22.7 Å². The molecule has 3 aromatic rings. The van der Waals surface area contributed by atoms with E-state index in [2.05, 4.69) is 5.32 Å². The molecular formula is C33H40ClN3O5S. The summed E-state index contributed by atoms with van der Waals surface area (Å²) in [6.45, 7) is 3.46. The molecule has 4 rings (SSSR count). The second-order valence-electron chi connectivity index (χ2n) is 10.6. The van der Waals surface area contributed by atoms with E-state index in [1.165, 1.54) is 17.0 Å². The summed E-state index contributed by atoms with van der Waals surface area (Å²) in [4.78, 5) is 29.5. The highest BCUT2D eigenvalue weighted by Crippen LogP contribution is 2.33. The Bertz CT molecular complexity index is 1480. The summed E-state index contributed by atoms with van der Waals surface area (Å²) in [5.41, 5.74) is 0.896. The number of amides is 2. The van der Waals surface area contributed by atoms with Gasteiger partial charge in [-0.3, -0.25) is 13.9 Å². The van der Waals surface area contributed by atoms with Crippen molar-refractivity contribution in [2.24, 2.45) is 0 Å². The fraction of sp³-hybridized carbons (Fsp3) is 0.394. The van der Waals surface area contributed by atoms with Crippen molar-refractivity contribution in [3.05, 3.63) is 89.4 Å². The minimum absolute atomic E-state index is 0.0360. The van der Waals surface area contributed by atoms with E-state index in [1.807, 2.05) is 13.0 Å². The molecule has 1 N–H and O–H groups in total. The number of sulfonamides is 1. The predicted octanol–water partition coefficient (Wildman–Crippen LogP) is 6.19. The molecule has 3 aromatic carbocycles. The van der Waals surface area contributed by atoms with Crippen LogP contribution in [-0.4, -0.2) is 50.4 Å². The van der Waals surface area contributed by atoms with Crippen LogP contribution in [0.25, 0.3) is 0 Å². The van der Waals surface area contributed by atoms with Crippen LogP contribution >= 0.6 is 11.6 Å². The van der Waals surface area contributed by atoms with Crippen molar-refractivity contribution in [1.82, 2.24) is 10.2 Å². The van der Waals surface area contributed by atoms with Gasteiger partial charge >= 0.3 is 0 Å². The lowest BCUT2D eigenvalue weighted by Gasteiger charge is -2.35. The maximum Gasteiger partial charge on any atom is 0.264 e. The van der Waals surface area contributed by atoms with Crippen LogP contribution in [0.2, 0.25) is 5.02 Å². The van der Waals surface area contributed by atoms with Crippen molar-refractivity contribution in [2.75, 3.05) is 17.5 Å². The van der Waals surface area contributed by atoms with Gasteiger partial charge in [0.2, 0.25) is 11.8 Å². The average Bonchev–Trinajstić information content (AvgIpc) is 3.02. The molecule has 0 aromatic heterocycles. The van der Waals surface area contributed by atoms with E-state index in [0.717, 1.165) is 36.4 Å². The van der Waals surface area contributed by atoms with Crippen LogP contribution in [0.5, 0.6) is 5.75 Å². The van der Waals surface area contributed by atoms with Crippen molar-refractivity contribution in [3.63, 3.8) is 0 Å². The van der Waals surface area contributed by atoms with E-state index in [4.69, 9.17) is 16.3 Å². The quantitative estimate of drug-likeness (QED) is 0.244. The van der Waals surface area contributed by atoms with E-state index >= 15 is 0 Å². The molecule has 0 saturated heterocycles. The summed E-state index contributed by atoms with van der Waals surface area (Å²) in [7, 11) is -4.20. The van der Waals surface area contributed by atoms with E-state index in [1.54, 1.807) is 67.6 Å². The summed E-state index contributed by atoms with van der Waals surface area (Å²) in [5, 5.41) is 3.61. The molecule has 1 aliphatic rings. The number of benzene rings is 3. The van der Waals surface area contributed by atoms with Crippen LogP contribution in [0.15, 0.2) is 83.8 Å². The summed E-state index contributed by atoms with van der Waals surface area (Å²) in [5.74, 6) is -0.449. The molecule has 0 aliphatic heterocycles. The molecule has 1 fully saturated rings. The van der Waals surface area contributed by atoms with Crippen molar-refractivity contribution in [2.45, 2.75) is 75.9 Å². The van der Waals surface area contributed by atoms with Gasteiger partial charge in [-0.15, -0.1) is 0 Å². The van der Waals surface area contributed by atoms with Gasteiger partial charge in [0.05, 0.1) is 17.2 Å². The Morgan fingerprint density at radius 1 is 0.930 bits per heavy atom. The van der Waals surface area contributed by atoms with Crippen LogP contribution < -0.4 is 14.4 Å². The monoisotopic (exact) mass is 625 g/mol. The normalized spacial score (nSPS) is 14.5. The van der Waals surface area contributed by atoms with Crippen LogP contribution in [-0.2, 0) is 26.2 Å². The Labute approximate surface area is 260 Å². The summed E-state index contributed by atoms with van der Waals surface area (Å²) < 4.78 is 35.0. The first-order valence-corrected chi connectivity index (χ1v) is 16.7. The number of para-hydroxylation sites is 2. The lowest BCUT2D eigenvalue weighted by molar-refractivity contribution is -0.140. The molecule has 1 atom stereocenters. The van der Waals surface area contributed by atoms with Crippen LogP contribution in [0, 0.1) is 0 Å². The number of carbonyl (C=O) groups excluding carboxylic acids is 2. The number of hydrogen-bond acceptors (Lipinski definition) is 5.